The van der Waals surface area contributed by atoms with Gasteiger partial charge in [-0.05, 0) is 51.8 Å². The first kappa shape index (κ1) is 22.2. The van der Waals surface area contributed by atoms with E-state index in [-0.39, 0.29) is 18.1 Å². The number of amides is 1. The molecule has 1 aliphatic heterocycles. The van der Waals surface area contributed by atoms with Crippen molar-refractivity contribution in [2.75, 3.05) is 44.8 Å². The van der Waals surface area contributed by atoms with Gasteiger partial charge in [0.25, 0.3) is 5.91 Å². The van der Waals surface area contributed by atoms with Crippen LogP contribution in [0.1, 0.15) is 5.56 Å². The molecule has 0 saturated carbocycles. The van der Waals surface area contributed by atoms with E-state index in [9.17, 15) is 10.1 Å². The third-order valence-electron chi connectivity index (χ3n) is 4.88. The average Bonchev–Trinajstić information content (AvgIpc) is 2.81. The lowest BCUT2D eigenvalue weighted by molar-refractivity contribution is -0.126. The predicted molar refractivity (Wildman–Crippen MR) is 121 cm³/mol. The molecule has 1 heterocycles. The van der Waals surface area contributed by atoms with Gasteiger partial charge in [-0.3, -0.25) is 4.79 Å². The molecule has 1 fully saturated rings. The monoisotopic (exact) mass is 480 g/mol. The summed E-state index contributed by atoms with van der Waals surface area (Å²) in [6.45, 7) is 2.37. The van der Waals surface area contributed by atoms with Gasteiger partial charge in [0, 0.05) is 31.9 Å². The summed E-state index contributed by atoms with van der Waals surface area (Å²) in [4.78, 5) is 16.9. The van der Waals surface area contributed by atoms with Crippen molar-refractivity contribution in [3.05, 3.63) is 58.1 Å². The van der Waals surface area contributed by atoms with E-state index in [0.29, 0.717) is 47.7 Å². The molecule has 7 nitrogen and oxygen atoms in total. The van der Waals surface area contributed by atoms with Gasteiger partial charge in [-0.1, -0.05) is 18.2 Å². The second-order valence-corrected chi connectivity index (χ2v) is 7.62. The number of hydrogen-bond donors (Lipinski definition) is 0. The first-order chi connectivity index (χ1) is 15.1. The van der Waals surface area contributed by atoms with Crippen LogP contribution in [0, 0.1) is 22.7 Å². The van der Waals surface area contributed by atoms with Crippen LogP contribution in [0.2, 0.25) is 0 Å². The third-order valence-corrected chi connectivity index (χ3v) is 5.47. The Labute approximate surface area is 189 Å². The van der Waals surface area contributed by atoms with Gasteiger partial charge in [-0.15, -0.1) is 0 Å². The minimum atomic E-state index is -0.296. The normalized spacial score (nSPS) is 13.9. The first-order valence-electron chi connectivity index (χ1n) is 9.65. The molecular formula is C23H21BrN4O3. The highest BCUT2D eigenvalue weighted by Gasteiger charge is 2.24. The van der Waals surface area contributed by atoms with Gasteiger partial charge in [-0.2, -0.15) is 10.5 Å². The van der Waals surface area contributed by atoms with Crippen LogP contribution in [-0.2, 0) is 4.79 Å². The van der Waals surface area contributed by atoms with Gasteiger partial charge < -0.3 is 19.3 Å². The van der Waals surface area contributed by atoms with Crippen LogP contribution in [0.5, 0.6) is 11.5 Å². The zero-order chi connectivity index (χ0) is 22.2. The number of nitriles is 2. The lowest BCUT2D eigenvalue weighted by Gasteiger charge is -2.36. The second kappa shape index (κ2) is 10.5. The fourth-order valence-corrected chi connectivity index (χ4v) is 3.93. The Hall–Kier alpha value is -3.49. The molecule has 2 aromatic carbocycles. The highest BCUT2D eigenvalue weighted by molar-refractivity contribution is 9.10. The SMILES string of the molecule is COc1cc(/C=C(/C#N)C(=O)N2CCN(c3ccccc3)CC2)cc(Br)c1OCC#N. The first-order valence-corrected chi connectivity index (χ1v) is 10.4. The zero-order valence-corrected chi connectivity index (χ0v) is 18.6. The van der Waals surface area contributed by atoms with Gasteiger partial charge in [0.15, 0.2) is 18.1 Å². The maximum atomic E-state index is 12.9. The highest BCUT2D eigenvalue weighted by Crippen LogP contribution is 2.37. The molecule has 31 heavy (non-hydrogen) atoms. The number of methoxy groups -OCH3 is 1. The molecule has 0 bridgehead atoms. The molecule has 1 saturated heterocycles. The Morgan fingerprint density at radius 2 is 1.87 bits per heavy atom. The van der Waals surface area contributed by atoms with E-state index in [1.807, 2.05) is 42.5 Å². The number of rotatable bonds is 6. The van der Waals surface area contributed by atoms with Crippen LogP contribution in [-0.4, -0.2) is 50.7 Å². The van der Waals surface area contributed by atoms with Crippen molar-refractivity contribution in [1.29, 1.82) is 10.5 Å². The lowest BCUT2D eigenvalue weighted by Crippen LogP contribution is -2.49. The molecule has 0 aliphatic carbocycles. The van der Waals surface area contributed by atoms with Crippen molar-refractivity contribution < 1.29 is 14.3 Å². The summed E-state index contributed by atoms with van der Waals surface area (Å²) < 4.78 is 11.3. The molecule has 2 aromatic rings. The third kappa shape index (κ3) is 5.36. The summed E-state index contributed by atoms with van der Waals surface area (Å²) in [5, 5.41) is 18.3. The molecular weight excluding hydrogens is 460 g/mol. The topological polar surface area (TPSA) is 89.6 Å². The summed E-state index contributed by atoms with van der Waals surface area (Å²) in [5.74, 6) is 0.496. The summed E-state index contributed by atoms with van der Waals surface area (Å²) in [6, 6.07) is 17.4. The number of halogens is 1. The second-order valence-electron chi connectivity index (χ2n) is 6.77. The molecule has 1 amide bonds. The van der Waals surface area contributed by atoms with Crippen molar-refractivity contribution >= 4 is 33.6 Å². The minimum absolute atomic E-state index is 0.0489. The Kier molecular flexibility index (Phi) is 7.53. The van der Waals surface area contributed by atoms with Crippen molar-refractivity contribution in [3.8, 4) is 23.6 Å². The van der Waals surface area contributed by atoms with Crippen LogP contribution >= 0.6 is 15.9 Å². The van der Waals surface area contributed by atoms with Crippen molar-refractivity contribution in [2.45, 2.75) is 0 Å². The van der Waals surface area contributed by atoms with E-state index >= 15 is 0 Å². The van der Waals surface area contributed by atoms with Crippen LogP contribution in [0.15, 0.2) is 52.5 Å². The number of piperazine rings is 1. The van der Waals surface area contributed by atoms with Gasteiger partial charge in [-0.25, -0.2) is 0 Å². The molecule has 0 spiro atoms. The average molecular weight is 481 g/mol. The number of carbonyl (C=O) groups is 1. The van der Waals surface area contributed by atoms with Crippen LogP contribution in [0.25, 0.3) is 6.08 Å². The molecule has 0 atom stereocenters. The molecule has 0 unspecified atom stereocenters. The maximum Gasteiger partial charge on any atom is 0.264 e. The van der Waals surface area contributed by atoms with Gasteiger partial charge in [0.1, 0.15) is 17.7 Å². The maximum absolute atomic E-state index is 12.9. The number of nitrogens with zero attached hydrogens (tertiary/aromatic N) is 4. The van der Waals surface area contributed by atoms with E-state index in [1.54, 1.807) is 17.0 Å². The summed E-state index contributed by atoms with van der Waals surface area (Å²) >= 11 is 3.40. The quantitative estimate of drug-likeness (QED) is 0.463. The van der Waals surface area contributed by atoms with E-state index in [4.69, 9.17) is 14.7 Å². The fraction of sp³-hybridized carbons (Fsp3) is 0.261. The molecule has 0 N–H and O–H groups in total. The van der Waals surface area contributed by atoms with Crippen LogP contribution in [0.3, 0.4) is 0 Å². The molecule has 0 radical (unpaired) electrons. The van der Waals surface area contributed by atoms with E-state index in [0.717, 1.165) is 5.69 Å². The van der Waals surface area contributed by atoms with Crippen molar-refractivity contribution in [1.82, 2.24) is 4.90 Å². The summed E-state index contributed by atoms with van der Waals surface area (Å²) in [7, 11) is 1.48. The zero-order valence-electron chi connectivity index (χ0n) is 17.0. The van der Waals surface area contributed by atoms with Crippen molar-refractivity contribution in [2.24, 2.45) is 0 Å². The van der Waals surface area contributed by atoms with Gasteiger partial charge >= 0.3 is 0 Å². The standard InChI is InChI=1S/C23H21BrN4O3/c1-30-21-15-17(14-20(24)22(21)31-12-7-25)13-18(16-26)23(29)28-10-8-27(9-11-28)19-5-3-2-4-6-19/h2-6,13-15H,8-12H2,1H3/b18-13-. The van der Waals surface area contributed by atoms with Gasteiger partial charge in [0.2, 0.25) is 0 Å². The summed E-state index contributed by atoms with van der Waals surface area (Å²) in [5.41, 5.74) is 1.79. The summed E-state index contributed by atoms with van der Waals surface area (Å²) in [6.07, 6.45) is 1.53. The van der Waals surface area contributed by atoms with E-state index < -0.39 is 0 Å². The van der Waals surface area contributed by atoms with Crippen LogP contribution in [0.4, 0.5) is 5.69 Å². The number of hydrogen-bond acceptors (Lipinski definition) is 6. The lowest BCUT2D eigenvalue weighted by atomic mass is 10.1. The molecule has 3 rings (SSSR count). The Bertz CT molecular complexity index is 1050. The smallest absolute Gasteiger partial charge is 0.264 e. The largest absolute Gasteiger partial charge is 0.493 e. The molecule has 8 heteroatoms. The Morgan fingerprint density at radius 1 is 1.16 bits per heavy atom. The Morgan fingerprint density at radius 3 is 2.48 bits per heavy atom. The minimum Gasteiger partial charge on any atom is -0.493 e. The highest BCUT2D eigenvalue weighted by atomic mass is 79.9. The number of para-hydroxylation sites is 1. The van der Waals surface area contributed by atoms with E-state index in [1.165, 1.54) is 13.2 Å². The molecule has 1 aliphatic rings. The fourth-order valence-electron chi connectivity index (χ4n) is 3.35. The predicted octanol–water partition coefficient (Wildman–Crippen LogP) is 3.62. The van der Waals surface area contributed by atoms with Crippen LogP contribution < -0.4 is 14.4 Å². The number of benzene rings is 2. The number of ether oxygens (including phenoxy) is 2. The Balaban J connectivity index is 1.75. The molecule has 158 valence electrons. The number of carbonyl (C=O) groups excluding carboxylic acids is 1. The van der Waals surface area contributed by atoms with Crippen molar-refractivity contribution in [3.63, 3.8) is 0 Å². The number of anilines is 1. The molecule has 0 aromatic heterocycles. The van der Waals surface area contributed by atoms with Gasteiger partial charge in [0.05, 0.1) is 11.6 Å². The van der Waals surface area contributed by atoms with E-state index in [2.05, 4.69) is 20.8 Å².